The number of hydrogen-bond acceptors (Lipinski definition) is 8. The Kier molecular flexibility index (Phi) is 11.9. The predicted molar refractivity (Wildman–Crippen MR) is 149 cm³/mol. The van der Waals surface area contributed by atoms with Crippen molar-refractivity contribution in [3.05, 3.63) is 36.0 Å². The van der Waals surface area contributed by atoms with Gasteiger partial charge in [-0.05, 0) is 52.0 Å². The number of nitrogens with one attached hydrogen (secondary N) is 1. The lowest BCUT2D eigenvalue weighted by Gasteiger charge is -2.32. The van der Waals surface area contributed by atoms with Crippen LogP contribution in [-0.2, 0) is 19.1 Å². The van der Waals surface area contributed by atoms with E-state index in [0.29, 0.717) is 12.8 Å². The Morgan fingerprint density at radius 1 is 1.36 bits per heavy atom. The molecule has 10 unspecified atom stereocenters. The van der Waals surface area contributed by atoms with Gasteiger partial charge in [0, 0.05) is 19.3 Å². The van der Waals surface area contributed by atoms with Gasteiger partial charge in [-0.3, -0.25) is 9.59 Å². The number of aliphatic hydroxyl groups excluding tert-OH is 2. The average Bonchev–Trinajstić information content (AvgIpc) is 3.59. The number of ether oxygens (including phenoxy) is 2. The van der Waals surface area contributed by atoms with E-state index in [1.807, 2.05) is 33.8 Å². The smallest absolute Gasteiger partial charge is 0.303 e. The largest absolute Gasteiger partial charge is 0.455 e. The number of carbonyl (C=O) groups is 2. The fraction of sp³-hybridized carbons (Fsp3) is 0.733. The van der Waals surface area contributed by atoms with Gasteiger partial charge in [-0.1, -0.05) is 50.6 Å². The number of hydrogen-bond donors (Lipinski definition) is 5. The second kappa shape index (κ2) is 14.0. The summed E-state index contributed by atoms with van der Waals surface area (Å²) in [6, 6.07) is -0.439. The lowest BCUT2D eigenvalue weighted by Crippen LogP contribution is -2.44. The minimum Gasteiger partial charge on any atom is -0.455 e. The molecule has 0 bridgehead atoms. The van der Waals surface area contributed by atoms with E-state index < -0.39 is 41.5 Å². The Labute approximate surface area is 233 Å². The van der Waals surface area contributed by atoms with Crippen molar-refractivity contribution < 1.29 is 39.5 Å². The molecule has 0 aliphatic carbocycles. The van der Waals surface area contributed by atoms with Crippen molar-refractivity contribution in [2.45, 2.75) is 128 Å². The van der Waals surface area contributed by atoms with Crippen LogP contribution in [0.1, 0.15) is 80.6 Å². The number of esters is 1. The SMILES string of the molecule is CCC(O)C(C)C1OC1CC(C)(O)/C=C/C=C(\C)C1NC(=O)CC(O)CCC(C)(O)C(OC(C)=O)/C=C/C1C. The first-order valence-corrected chi connectivity index (χ1v) is 14.0. The van der Waals surface area contributed by atoms with E-state index in [1.54, 1.807) is 38.2 Å². The fourth-order valence-corrected chi connectivity index (χ4v) is 5.11. The molecule has 1 saturated heterocycles. The molecule has 2 aliphatic heterocycles. The minimum atomic E-state index is -1.41. The number of rotatable bonds is 9. The molecule has 2 aliphatic rings. The van der Waals surface area contributed by atoms with Gasteiger partial charge < -0.3 is 35.2 Å². The average molecular weight is 552 g/mol. The second-order valence-corrected chi connectivity index (χ2v) is 11.9. The van der Waals surface area contributed by atoms with E-state index in [1.165, 1.54) is 6.92 Å². The molecule has 1 fully saturated rings. The molecule has 0 radical (unpaired) electrons. The van der Waals surface area contributed by atoms with Crippen LogP contribution in [-0.4, -0.2) is 80.1 Å². The first kappa shape index (κ1) is 33.2. The molecular weight excluding hydrogens is 502 g/mol. The van der Waals surface area contributed by atoms with Crippen LogP contribution >= 0.6 is 0 Å². The van der Waals surface area contributed by atoms with Crippen molar-refractivity contribution >= 4 is 11.9 Å². The van der Waals surface area contributed by atoms with Crippen molar-refractivity contribution in [2.75, 3.05) is 0 Å². The maximum atomic E-state index is 12.7. The number of amides is 1. The lowest BCUT2D eigenvalue weighted by molar-refractivity contribution is -0.156. The third-order valence-electron chi connectivity index (χ3n) is 7.83. The van der Waals surface area contributed by atoms with Crippen molar-refractivity contribution in [3.63, 3.8) is 0 Å². The maximum Gasteiger partial charge on any atom is 0.303 e. The monoisotopic (exact) mass is 551 g/mol. The Balaban J connectivity index is 2.18. The van der Waals surface area contributed by atoms with Crippen molar-refractivity contribution in [3.8, 4) is 0 Å². The molecule has 39 heavy (non-hydrogen) atoms. The normalized spacial score (nSPS) is 36.6. The molecular formula is C30H49NO8. The Bertz CT molecular complexity index is 924. The molecule has 5 N–H and O–H groups in total. The van der Waals surface area contributed by atoms with Gasteiger partial charge in [0.05, 0.1) is 42.5 Å². The van der Waals surface area contributed by atoms with E-state index >= 15 is 0 Å². The summed E-state index contributed by atoms with van der Waals surface area (Å²) in [7, 11) is 0. The quantitative estimate of drug-likeness (QED) is 0.127. The van der Waals surface area contributed by atoms with E-state index in [9.17, 15) is 30.0 Å². The van der Waals surface area contributed by atoms with Crippen molar-refractivity contribution in [1.82, 2.24) is 5.32 Å². The molecule has 0 aromatic carbocycles. The second-order valence-electron chi connectivity index (χ2n) is 11.9. The van der Waals surface area contributed by atoms with Gasteiger partial charge in [0.1, 0.15) is 11.7 Å². The van der Waals surface area contributed by atoms with Crippen LogP contribution in [0.2, 0.25) is 0 Å². The molecule has 0 saturated carbocycles. The predicted octanol–water partition coefficient (Wildman–Crippen LogP) is 2.71. The van der Waals surface area contributed by atoms with E-state index in [0.717, 1.165) is 5.57 Å². The molecule has 10 atom stereocenters. The van der Waals surface area contributed by atoms with Gasteiger partial charge in [0.25, 0.3) is 0 Å². The summed E-state index contributed by atoms with van der Waals surface area (Å²) >= 11 is 0. The lowest BCUT2D eigenvalue weighted by atomic mass is 9.87. The molecule has 0 spiro atoms. The van der Waals surface area contributed by atoms with Gasteiger partial charge in [-0.15, -0.1) is 0 Å². The molecule has 9 nitrogen and oxygen atoms in total. The van der Waals surface area contributed by atoms with Crippen molar-refractivity contribution in [1.29, 1.82) is 0 Å². The van der Waals surface area contributed by atoms with Crippen LogP contribution in [0.5, 0.6) is 0 Å². The molecule has 222 valence electrons. The highest BCUT2D eigenvalue weighted by Gasteiger charge is 2.47. The first-order valence-electron chi connectivity index (χ1n) is 14.0. The third kappa shape index (κ3) is 10.5. The van der Waals surface area contributed by atoms with Crippen LogP contribution in [0.3, 0.4) is 0 Å². The Morgan fingerprint density at radius 3 is 2.64 bits per heavy atom. The zero-order chi connectivity index (χ0) is 29.5. The number of aliphatic hydroxyl groups is 4. The van der Waals surface area contributed by atoms with Crippen LogP contribution < -0.4 is 5.32 Å². The van der Waals surface area contributed by atoms with E-state index in [2.05, 4.69) is 5.32 Å². The highest BCUT2D eigenvalue weighted by Crippen LogP contribution is 2.37. The third-order valence-corrected chi connectivity index (χ3v) is 7.83. The molecule has 1 amide bonds. The van der Waals surface area contributed by atoms with E-state index in [4.69, 9.17) is 9.47 Å². The van der Waals surface area contributed by atoms with E-state index in [-0.39, 0.29) is 49.2 Å². The van der Waals surface area contributed by atoms with Crippen LogP contribution in [0.25, 0.3) is 0 Å². The summed E-state index contributed by atoms with van der Waals surface area (Å²) < 4.78 is 11.1. The molecule has 0 aromatic heterocycles. The summed E-state index contributed by atoms with van der Waals surface area (Å²) in [6.07, 6.45) is 7.47. The van der Waals surface area contributed by atoms with Crippen molar-refractivity contribution in [2.24, 2.45) is 11.8 Å². The standard InChI is InChI=1S/C30H49NO8/c1-8-23(34)20(4)28-24(39-28)17-29(6,36)14-9-10-18(2)27-19(3)11-12-25(38-21(5)32)30(7,37)15-13-22(33)16-26(35)31-27/h9-12,14,19-20,22-25,27-28,33-34,36-37H,8,13,15-17H2,1-7H3,(H,31,35)/b12-11+,14-9+,18-10+. The number of epoxide rings is 1. The van der Waals surface area contributed by atoms with Gasteiger partial charge >= 0.3 is 5.97 Å². The Morgan fingerprint density at radius 2 is 2.03 bits per heavy atom. The zero-order valence-corrected chi connectivity index (χ0v) is 24.5. The molecule has 0 aromatic rings. The van der Waals surface area contributed by atoms with Crippen LogP contribution in [0.15, 0.2) is 36.0 Å². The van der Waals surface area contributed by atoms with Gasteiger partial charge in [0.2, 0.25) is 5.91 Å². The summed E-state index contributed by atoms with van der Waals surface area (Å²) in [5.74, 6) is -1.07. The summed E-state index contributed by atoms with van der Waals surface area (Å²) in [5, 5.41) is 45.3. The first-order chi connectivity index (χ1) is 18.1. The topological polar surface area (TPSA) is 149 Å². The summed E-state index contributed by atoms with van der Waals surface area (Å²) in [6.45, 7) is 12.2. The zero-order valence-electron chi connectivity index (χ0n) is 24.5. The number of allylic oxidation sites excluding steroid dienone is 2. The molecule has 2 rings (SSSR count). The minimum absolute atomic E-state index is 0.00355. The Hall–Kier alpha value is -2.04. The highest BCUT2D eigenvalue weighted by atomic mass is 16.6. The van der Waals surface area contributed by atoms with Crippen LogP contribution in [0.4, 0.5) is 0 Å². The summed E-state index contributed by atoms with van der Waals surface area (Å²) in [4.78, 5) is 24.4. The molecule has 9 heteroatoms. The molecule has 2 heterocycles. The maximum absolute atomic E-state index is 12.7. The van der Waals surface area contributed by atoms with Crippen LogP contribution in [0, 0.1) is 11.8 Å². The van der Waals surface area contributed by atoms with Gasteiger partial charge in [-0.2, -0.15) is 0 Å². The van der Waals surface area contributed by atoms with Gasteiger partial charge in [0.15, 0.2) is 0 Å². The highest BCUT2D eigenvalue weighted by molar-refractivity contribution is 5.77. The fourth-order valence-electron chi connectivity index (χ4n) is 5.11. The number of carbonyl (C=O) groups excluding carboxylic acids is 2. The van der Waals surface area contributed by atoms with Gasteiger partial charge in [-0.25, -0.2) is 0 Å². The summed E-state index contributed by atoms with van der Waals surface area (Å²) in [5.41, 5.74) is -1.72.